The molecule has 2 aromatic rings. The van der Waals surface area contributed by atoms with Crippen molar-refractivity contribution in [1.29, 1.82) is 0 Å². The second-order valence-corrected chi connectivity index (χ2v) is 3.28. The molecule has 0 amide bonds. The van der Waals surface area contributed by atoms with Crippen LogP contribution in [-0.4, -0.2) is 5.78 Å². The predicted octanol–water partition coefficient (Wildman–Crippen LogP) is 2.96. The van der Waals surface area contributed by atoms with E-state index in [0.29, 0.717) is 16.9 Å². The van der Waals surface area contributed by atoms with Crippen LogP contribution in [-0.2, 0) is 0 Å². The molecule has 0 aliphatic carbocycles. The largest absolute Gasteiger partial charge is 0.469 e. The van der Waals surface area contributed by atoms with Crippen LogP contribution in [0.25, 0.3) is 0 Å². The molecule has 15 heavy (non-hydrogen) atoms. The number of carbonyl (C=O) groups is 1. The number of hydrogen-bond donors (Lipinski definition) is 0. The van der Waals surface area contributed by atoms with E-state index in [4.69, 9.17) is 4.42 Å². The van der Waals surface area contributed by atoms with E-state index in [1.807, 2.05) is 0 Å². The molecule has 0 aliphatic heterocycles. The first kappa shape index (κ1) is 9.65. The van der Waals surface area contributed by atoms with Crippen LogP contribution < -0.4 is 0 Å². The topological polar surface area (TPSA) is 30.2 Å². The van der Waals surface area contributed by atoms with Gasteiger partial charge < -0.3 is 4.42 Å². The lowest BCUT2D eigenvalue weighted by Crippen LogP contribution is -1.99. The van der Waals surface area contributed by atoms with Crippen molar-refractivity contribution in [2.75, 3.05) is 0 Å². The molecule has 0 spiro atoms. The van der Waals surface area contributed by atoms with Gasteiger partial charge in [0.25, 0.3) is 0 Å². The Hall–Kier alpha value is -1.90. The Bertz CT molecular complexity index is 483. The third-order valence-electron chi connectivity index (χ3n) is 2.10. The molecule has 1 aromatic heterocycles. The van der Waals surface area contributed by atoms with E-state index < -0.39 is 0 Å². The van der Waals surface area contributed by atoms with Crippen LogP contribution in [0.1, 0.15) is 21.7 Å². The van der Waals surface area contributed by atoms with Crippen molar-refractivity contribution < 1.29 is 13.6 Å². The molecule has 0 atom stereocenters. The first-order valence-electron chi connectivity index (χ1n) is 4.52. The molecule has 0 aliphatic rings. The van der Waals surface area contributed by atoms with Gasteiger partial charge in [-0.3, -0.25) is 4.79 Å². The molecule has 76 valence electrons. The number of hydrogen-bond acceptors (Lipinski definition) is 2. The standard InChI is InChI=1S/C12H9FO2/c1-8-6-10(7-15-8)12(14)9-2-4-11(13)5-3-9/h2-7H,1H3. The van der Waals surface area contributed by atoms with Crippen molar-refractivity contribution in [1.82, 2.24) is 0 Å². The highest BCUT2D eigenvalue weighted by Gasteiger charge is 2.11. The maximum atomic E-state index is 12.6. The molecule has 0 saturated heterocycles. The maximum absolute atomic E-state index is 12.6. The Morgan fingerprint density at radius 1 is 1.20 bits per heavy atom. The van der Waals surface area contributed by atoms with Crippen LogP contribution in [0.3, 0.4) is 0 Å². The summed E-state index contributed by atoms with van der Waals surface area (Å²) >= 11 is 0. The average Bonchev–Trinajstić information content (AvgIpc) is 2.65. The minimum Gasteiger partial charge on any atom is -0.469 e. The lowest BCUT2D eigenvalue weighted by atomic mass is 10.1. The molecule has 0 radical (unpaired) electrons. The second kappa shape index (κ2) is 3.69. The Balaban J connectivity index is 2.32. The molecule has 0 fully saturated rings. The number of ketones is 1. The van der Waals surface area contributed by atoms with Crippen LogP contribution in [0.2, 0.25) is 0 Å². The van der Waals surface area contributed by atoms with Crippen LogP contribution in [0.4, 0.5) is 4.39 Å². The van der Waals surface area contributed by atoms with Crippen LogP contribution in [0.5, 0.6) is 0 Å². The van der Waals surface area contributed by atoms with Gasteiger partial charge in [-0.2, -0.15) is 0 Å². The molecule has 1 aromatic carbocycles. The first-order chi connectivity index (χ1) is 7.16. The molecule has 1 heterocycles. The lowest BCUT2D eigenvalue weighted by molar-refractivity contribution is 0.103. The van der Waals surface area contributed by atoms with Gasteiger partial charge in [0.15, 0.2) is 5.78 Å². The van der Waals surface area contributed by atoms with Crippen molar-refractivity contribution in [2.45, 2.75) is 6.92 Å². The highest BCUT2D eigenvalue weighted by atomic mass is 19.1. The quantitative estimate of drug-likeness (QED) is 0.704. The summed E-state index contributed by atoms with van der Waals surface area (Å²) in [5, 5.41) is 0. The molecule has 0 bridgehead atoms. The highest BCUT2D eigenvalue weighted by Crippen LogP contribution is 2.13. The summed E-state index contributed by atoms with van der Waals surface area (Å²) in [5.74, 6) is 0.169. The summed E-state index contributed by atoms with van der Waals surface area (Å²) in [4.78, 5) is 11.8. The summed E-state index contributed by atoms with van der Waals surface area (Å²) in [6.45, 7) is 1.77. The zero-order valence-corrected chi connectivity index (χ0v) is 8.16. The van der Waals surface area contributed by atoms with Crippen molar-refractivity contribution in [3.8, 4) is 0 Å². The fraction of sp³-hybridized carbons (Fsp3) is 0.0833. The third kappa shape index (κ3) is 1.96. The van der Waals surface area contributed by atoms with Crippen molar-refractivity contribution in [2.24, 2.45) is 0 Å². The fourth-order valence-electron chi connectivity index (χ4n) is 1.33. The Kier molecular flexibility index (Phi) is 2.37. The fourth-order valence-corrected chi connectivity index (χ4v) is 1.33. The first-order valence-corrected chi connectivity index (χ1v) is 4.52. The smallest absolute Gasteiger partial charge is 0.196 e. The van der Waals surface area contributed by atoms with Crippen LogP contribution in [0, 0.1) is 12.7 Å². The molecule has 2 rings (SSSR count). The van der Waals surface area contributed by atoms with Crippen LogP contribution >= 0.6 is 0 Å². The minimum atomic E-state index is -0.352. The maximum Gasteiger partial charge on any atom is 0.196 e. The monoisotopic (exact) mass is 204 g/mol. The number of benzene rings is 1. The van der Waals surface area contributed by atoms with Crippen LogP contribution in [0.15, 0.2) is 41.0 Å². The molecule has 0 unspecified atom stereocenters. The van der Waals surface area contributed by atoms with E-state index in [1.54, 1.807) is 13.0 Å². The van der Waals surface area contributed by atoms with E-state index >= 15 is 0 Å². The molecule has 0 saturated carbocycles. The van der Waals surface area contributed by atoms with E-state index in [9.17, 15) is 9.18 Å². The van der Waals surface area contributed by atoms with E-state index in [-0.39, 0.29) is 11.6 Å². The second-order valence-electron chi connectivity index (χ2n) is 3.28. The number of rotatable bonds is 2. The van der Waals surface area contributed by atoms with Gasteiger partial charge >= 0.3 is 0 Å². The average molecular weight is 204 g/mol. The predicted molar refractivity (Wildman–Crippen MR) is 53.3 cm³/mol. The zero-order valence-electron chi connectivity index (χ0n) is 8.16. The summed E-state index contributed by atoms with van der Waals surface area (Å²) < 4.78 is 17.7. The number of halogens is 1. The Labute approximate surface area is 86.3 Å². The van der Waals surface area contributed by atoms with Gasteiger partial charge in [0.2, 0.25) is 0 Å². The Morgan fingerprint density at radius 3 is 2.40 bits per heavy atom. The van der Waals surface area contributed by atoms with E-state index in [2.05, 4.69) is 0 Å². The van der Waals surface area contributed by atoms with Gasteiger partial charge in [0.1, 0.15) is 17.8 Å². The third-order valence-corrected chi connectivity index (χ3v) is 2.10. The van der Waals surface area contributed by atoms with Gasteiger partial charge in [-0.25, -0.2) is 4.39 Å². The van der Waals surface area contributed by atoms with Gasteiger partial charge in [0, 0.05) is 5.56 Å². The summed E-state index contributed by atoms with van der Waals surface area (Å²) in [6, 6.07) is 7.10. The number of aryl methyl sites for hydroxylation is 1. The normalized spacial score (nSPS) is 10.3. The summed E-state index contributed by atoms with van der Waals surface area (Å²) in [5.41, 5.74) is 0.941. The summed E-state index contributed by atoms with van der Waals surface area (Å²) in [6.07, 6.45) is 1.40. The minimum absolute atomic E-state index is 0.160. The lowest BCUT2D eigenvalue weighted by Gasteiger charge is -1.96. The zero-order chi connectivity index (χ0) is 10.8. The van der Waals surface area contributed by atoms with E-state index in [0.717, 1.165) is 0 Å². The SMILES string of the molecule is Cc1cc(C(=O)c2ccc(F)cc2)co1. The Morgan fingerprint density at radius 2 is 1.87 bits per heavy atom. The van der Waals surface area contributed by atoms with Gasteiger partial charge in [-0.15, -0.1) is 0 Å². The summed E-state index contributed by atoms with van der Waals surface area (Å²) in [7, 11) is 0. The molecule has 0 N–H and O–H groups in total. The molecular formula is C12H9FO2. The number of carbonyl (C=O) groups excluding carboxylic acids is 1. The van der Waals surface area contributed by atoms with Crippen molar-refractivity contribution in [3.05, 3.63) is 59.3 Å². The van der Waals surface area contributed by atoms with Gasteiger partial charge in [-0.1, -0.05) is 0 Å². The molecule has 3 heteroatoms. The van der Waals surface area contributed by atoms with Gasteiger partial charge in [-0.05, 0) is 37.3 Å². The van der Waals surface area contributed by atoms with Crippen molar-refractivity contribution in [3.63, 3.8) is 0 Å². The van der Waals surface area contributed by atoms with Gasteiger partial charge in [0.05, 0.1) is 5.56 Å². The van der Waals surface area contributed by atoms with Crippen molar-refractivity contribution >= 4 is 5.78 Å². The molecular weight excluding hydrogens is 195 g/mol. The molecule has 2 nitrogen and oxygen atoms in total. The van der Waals surface area contributed by atoms with E-state index in [1.165, 1.54) is 30.5 Å². The number of furan rings is 1. The highest BCUT2D eigenvalue weighted by molar-refractivity contribution is 6.08.